The van der Waals surface area contributed by atoms with E-state index in [1.165, 1.54) is 26.0 Å². The van der Waals surface area contributed by atoms with Gasteiger partial charge in [-0.3, -0.25) is 9.59 Å². The number of aromatic amines is 1. The molecule has 4 rings (SSSR count). The number of hydrogen-bond donors (Lipinski definition) is 1. The van der Waals surface area contributed by atoms with Gasteiger partial charge in [-0.15, -0.1) is 16.4 Å². The Morgan fingerprint density at radius 2 is 2.19 bits per heavy atom. The van der Waals surface area contributed by atoms with E-state index in [4.69, 9.17) is 14.2 Å². The summed E-state index contributed by atoms with van der Waals surface area (Å²) in [5, 5.41) is 12.5. The Bertz CT molecular complexity index is 1200. The topological polar surface area (TPSA) is 151 Å². The molecular weight excluding hydrogens is 460 g/mol. The molecule has 12 nitrogen and oxygen atoms in total. The Balaban J connectivity index is 1.58. The van der Waals surface area contributed by atoms with Gasteiger partial charge in [0, 0.05) is 12.2 Å². The van der Waals surface area contributed by atoms with Gasteiger partial charge in [-0.1, -0.05) is 11.8 Å². The summed E-state index contributed by atoms with van der Waals surface area (Å²) in [5.41, 5.74) is -0.202. The molecule has 0 bridgehead atoms. The van der Waals surface area contributed by atoms with Crippen LogP contribution in [0.15, 0.2) is 9.95 Å². The van der Waals surface area contributed by atoms with Crippen LogP contribution in [0.2, 0.25) is 0 Å². The number of nitrogens with zero attached hydrogens (tertiary/aromatic N) is 5. The summed E-state index contributed by atoms with van der Waals surface area (Å²) in [4.78, 5) is 44.5. The summed E-state index contributed by atoms with van der Waals surface area (Å²) in [6.45, 7) is 1.30. The van der Waals surface area contributed by atoms with Crippen LogP contribution in [0, 0.1) is 0 Å². The van der Waals surface area contributed by atoms with Gasteiger partial charge < -0.3 is 19.2 Å². The first-order chi connectivity index (χ1) is 15.5. The van der Waals surface area contributed by atoms with E-state index in [0.717, 1.165) is 30.8 Å². The summed E-state index contributed by atoms with van der Waals surface area (Å²) < 4.78 is 16.8. The Morgan fingerprint density at radius 1 is 1.34 bits per heavy atom. The maximum Gasteiger partial charge on any atom is 0.348 e. The highest BCUT2D eigenvalue weighted by Crippen LogP contribution is 2.30. The summed E-state index contributed by atoms with van der Waals surface area (Å²) >= 11 is 2.32. The fraction of sp³-hybridized carbons (Fsp3) is 0.500. The molecule has 0 saturated carbocycles. The number of nitrogens with one attached hydrogen (secondary N) is 1. The maximum atomic E-state index is 12.8. The lowest BCUT2D eigenvalue weighted by atomic mass is 10.1. The lowest BCUT2D eigenvalue weighted by Gasteiger charge is -2.09. The molecule has 1 aliphatic heterocycles. The first kappa shape index (κ1) is 22.4. The van der Waals surface area contributed by atoms with Gasteiger partial charge in [-0.2, -0.15) is 0 Å². The van der Waals surface area contributed by atoms with E-state index in [0.29, 0.717) is 28.1 Å². The lowest BCUT2D eigenvalue weighted by Crippen LogP contribution is -2.17. The van der Waals surface area contributed by atoms with Gasteiger partial charge in [0.1, 0.15) is 15.5 Å². The third kappa shape index (κ3) is 4.66. The van der Waals surface area contributed by atoms with Crippen LogP contribution >= 0.6 is 23.1 Å². The van der Waals surface area contributed by atoms with Crippen molar-refractivity contribution < 1.29 is 23.8 Å². The Hall–Kier alpha value is -2.84. The quantitative estimate of drug-likeness (QED) is 0.362. The number of esters is 2. The molecule has 0 amide bonds. The number of carbonyl (C=O) groups excluding carboxylic acids is 2. The lowest BCUT2D eigenvalue weighted by molar-refractivity contribution is -0.139. The predicted molar refractivity (Wildman–Crippen MR) is 114 cm³/mol. The van der Waals surface area contributed by atoms with Crippen molar-refractivity contribution in [3.05, 3.63) is 26.6 Å². The molecule has 1 atom stereocenters. The molecule has 3 aromatic rings. The molecule has 0 radical (unpaired) electrons. The molecular formula is C18H20N6O6S2. The number of methoxy groups -OCH3 is 2. The molecule has 0 spiro atoms. The third-order valence-electron chi connectivity index (χ3n) is 4.87. The fourth-order valence-electron chi connectivity index (χ4n) is 3.35. The Labute approximate surface area is 189 Å². The molecule has 1 saturated heterocycles. The maximum absolute atomic E-state index is 12.8. The van der Waals surface area contributed by atoms with Crippen LogP contribution < -0.4 is 5.56 Å². The van der Waals surface area contributed by atoms with Crippen molar-refractivity contribution in [1.82, 2.24) is 30.2 Å². The van der Waals surface area contributed by atoms with E-state index in [1.54, 1.807) is 4.68 Å². The number of carbonyl (C=O) groups is 2. The van der Waals surface area contributed by atoms with E-state index < -0.39 is 17.5 Å². The van der Waals surface area contributed by atoms with Gasteiger partial charge >= 0.3 is 11.9 Å². The van der Waals surface area contributed by atoms with Crippen LogP contribution in [-0.4, -0.2) is 69.0 Å². The highest BCUT2D eigenvalue weighted by molar-refractivity contribution is 7.98. The van der Waals surface area contributed by atoms with Crippen molar-refractivity contribution in [2.45, 2.75) is 42.8 Å². The van der Waals surface area contributed by atoms with Crippen LogP contribution in [0.5, 0.6) is 0 Å². The molecule has 4 heterocycles. The molecule has 14 heteroatoms. The van der Waals surface area contributed by atoms with Gasteiger partial charge in [0.2, 0.25) is 5.16 Å². The highest BCUT2D eigenvalue weighted by atomic mass is 32.2. The van der Waals surface area contributed by atoms with Crippen molar-refractivity contribution >= 4 is 45.3 Å². The van der Waals surface area contributed by atoms with E-state index in [9.17, 15) is 14.4 Å². The number of rotatable bonds is 8. The summed E-state index contributed by atoms with van der Waals surface area (Å²) in [6.07, 6.45) is 1.83. The van der Waals surface area contributed by atoms with Gasteiger partial charge in [0.15, 0.2) is 0 Å². The standard InChI is InChI=1S/C18H20N6O6S2/c1-28-12(25)6-10-13-15(26)19-11(20-16(13)32-14(10)17(27)29-2)8-31-18-21-22-23-24(18)7-9-4-3-5-30-9/h9H,3-8H2,1-2H3,(H,19,20,26). The molecule has 0 aromatic carbocycles. The largest absolute Gasteiger partial charge is 0.469 e. The van der Waals surface area contributed by atoms with Crippen LogP contribution in [0.4, 0.5) is 0 Å². The minimum atomic E-state index is -0.643. The third-order valence-corrected chi connectivity index (χ3v) is 6.94. The number of fused-ring (bicyclic) bond motifs is 1. The summed E-state index contributed by atoms with van der Waals surface area (Å²) in [7, 11) is 2.47. The zero-order valence-electron chi connectivity index (χ0n) is 17.3. The highest BCUT2D eigenvalue weighted by Gasteiger charge is 2.25. The van der Waals surface area contributed by atoms with Gasteiger partial charge in [-0.25, -0.2) is 14.5 Å². The zero-order valence-corrected chi connectivity index (χ0v) is 19.0. The number of thiophene rings is 1. The van der Waals surface area contributed by atoms with Crippen molar-refractivity contribution in [3.63, 3.8) is 0 Å². The number of ether oxygens (including phenoxy) is 3. The van der Waals surface area contributed by atoms with E-state index >= 15 is 0 Å². The minimum absolute atomic E-state index is 0.0863. The van der Waals surface area contributed by atoms with E-state index in [-0.39, 0.29) is 28.4 Å². The first-order valence-electron chi connectivity index (χ1n) is 9.70. The number of H-pyrrole nitrogens is 1. The SMILES string of the molecule is COC(=O)Cc1c(C(=O)OC)sc2nc(CSc3nnnn3CC3CCCO3)[nH]c(=O)c12. The van der Waals surface area contributed by atoms with Gasteiger partial charge in [-0.05, 0) is 23.3 Å². The number of aromatic nitrogens is 6. The number of thioether (sulfide) groups is 1. The zero-order chi connectivity index (χ0) is 22.7. The van der Waals surface area contributed by atoms with Crippen LogP contribution in [0.25, 0.3) is 10.2 Å². The van der Waals surface area contributed by atoms with Crippen molar-refractivity contribution in [2.24, 2.45) is 0 Å². The van der Waals surface area contributed by atoms with Crippen molar-refractivity contribution in [3.8, 4) is 0 Å². The monoisotopic (exact) mass is 480 g/mol. The summed E-state index contributed by atoms with van der Waals surface area (Å²) in [6, 6.07) is 0. The van der Waals surface area contributed by atoms with E-state index in [2.05, 4.69) is 25.5 Å². The minimum Gasteiger partial charge on any atom is -0.469 e. The van der Waals surface area contributed by atoms with Crippen molar-refractivity contribution in [1.29, 1.82) is 0 Å². The smallest absolute Gasteiger partial charge is 0.348 e. The average Bonchev–Trinajstić information content (AvgIpc) is 3.53. The summed E-state index contributed by atoms with van der Waals surface area (Å²) in [5.74, 6) is -0.529. The number of hydrogen-bond acceptors (Lipinski definition) is 12. The average molecular weight is 481 g/mol. The second-order valence-electron chi connectivity index (χ2n) is 6.91. The fourth-order valence-corrected chi connectivity index (χ4v) is 5.24. The number of tetrazole rings is 1. The van der Waals surface area contributed by atoms with Crippen molar-refractivity contribution in [2.75, 3.05) is 20.8 Å². The molecule has 1 aliphatic rings. The molecule has 170 valence electrons. The molecule has 1 fully saturated rings. The van der Waals surface area contributed by atoms with E-state index in [1.807, 2.05) is 0 Å². The predicted octanol–water partition coefficient (Wildman–Crippen LogP) is 0.944. The first-order valence-corrected chi connectivity index (χ1v) is 11.5. The molecule has 1 N–H and O–H groups in total. The Morgan fingerprint density at radius 3 is 2.91 bits per heavy atom. The molecule has 1 unspecified atom stereocenters. The second kappa shape index (κ2) is 9.75. The Kier molecular flexibility index (Phi) is 6.81. The molecule has 0 aliphatic carbocycles. The molecule has 32 heavy (non-hydrogen) atoms. The van der Waals surface area contributed by atoms with Crippen LogP contribution in [-0.2, 0) is 37.7 Å². The second-order valence-corrected chi connectivity index (χ2v) is 8.86. The van der Waals surface area contributed by atoms with Gasteiger partial charge in [0.05, 0.1) is 44.4 Å². The normalized spacial score (nSPS) is 15.9. The van der Waals surface area contributed by atoms with Crippen LogP contribution in [0.1, 0.15) is 33.9 Å². The van der Waals surface area contributed by atoms with Gasteiger partial charge in [0.25, 0.3) is 5.56 Å². The molecule has 3 aromatic heterocycles. The van der Waals surface area contributed by atoms with Crippen LogP contribution in [0.3, 0.4) is 0 Å².